The van der Waals surface area contributed by atoms with Crippen molar-refractivity contribution in [1.82, 2.24) is 0 Å². The second-order valence-electron chi connectivity index (χ2n) is 9.99. The summed E-state index contributed by atoms with van der Waals surface area (Å²) in [5.41, 5.74) is 1.47. The molecule has 0 unspecified atom stereocenters. The highest BCUT2D eigenvalue weighted by Gasteiger charge is 2.64. The quantitative estimate of drug-likeness (QED) is 0.534. The summed E-state index contributed by atoms with van der Waals surface area (Å²) in [4.78, 5) is 23.7. The summed E-state index contributed by atoms with van der Waals surface area (Å²) in [6, 6.07) is 0. The molecule has 7 atom stereocenters. The van der Waals surface area contributed by atoms with Gasteiger partial charge < -0.3 is 14.2 Å². The van der Waals surface area contributed by atoms with Crippen molar-refractivity contribution >= 4 is 11.9 Å². The summed E-state index contributed by atoms with van der Waals surface area (Å²) in [5.74, 6) is 0.260. The molecule has 0 aromatic heterocycles. The minimum absolute atomic E-state index is 0.0431. The molecule has 2 saturated heterocycles. The summed E-state index contributed by atoms with van der Waals surface area (Å²) in [5, 5.41) is 0. The van der Waals surface area contributed by atoms with Crippen LogP contribution in [-0.2, 0) is 23.8 Å². The molecular formula is C22H32O5. The zero-order chi connectivity index (χ0) is 19.6. The molecule has 5 heteroatoms. The lowest BCUT2D eigenvalue weighted by molar-refractivity contribution is -0.214. The van der Waals surface area contributed by atoms with Crippen molar-refractivity contribution < 1.29 is 23.8 Å². The molecule has 0 amide bonds. The third kappa shape index (κ3) is 2.93. The van der Waals surface area contributed by atoms with Gasteiger partial charge in [0.15, 0.2) is 0 Å². The van der Waals surface area contributed by atoms with Gasteiger partial charge in [-0.3, -0.25) is 9.59 Å². The van der Waals surface area contributed by atoms with Gasteiger partial charge in [-0.2, -0.15) is 0 Å². The molecule has 0 radical (unpaired) electrons. The monoisotopic (exact) mass is 376 g/mol. The first-order chi connectivity index (χ1) is 12.6. The van der Waals surface area contributed by atoms with Crippen LogP contribution < -0.4 is 0 Å². The van der Waals surface area contributed by atoms with E-state index in [1.165, 1.54) is 25.3 Å². The molecule has 5 nitrogen and oxygen atoms in total. The average molecular weight is 376 g/mol. The molecule has 2 aliphatic heterocycles. The van der Waals surface area contributed by atoms with E-state index in [2.05, 4.69) is 27.4 Å². The molecule has 150 valence electrons. The molecule has 0 N–H and O–H groups in total. The standard InChI is InChI=1S/C22H32O5/c1-12-7-6-9-21(3,4)15-8-10-22(5,17(12)15)18-14-11-16(24)26-19(14)27-20(18)25-13(2)23/h14-15,17-20H,1,6-11H2,2-5H3/t14-,15-,17-,18-,19+,20+,22-/m1/s1. The summed E-state index contributed by atoms with van der Waals surface area (Å²) < 4.78 is 16.9. The molecule has 0 aromatic rings. The fraction of sp³-hybridized carbons (Fsp3) is 0.818. The van der Waals surface area contributed by atoms with Gasteiger partial charge in [0.05, 0.1) is 6.42 Å². The maximum absolute atomic E-state index is 11.9. The average Bonchev–Trinajstić information content (AvgIpc) is 3.14. The number of ether oxygens (including phenoxy) is 3. The highest BCUT2D eigenvalue weighted by molar-refractivity contribution is 5.72. The maximum atomic E-state index is 11.9. The number of esters is 2. The summed E-state index contributed by atoms with van der Waals surface area (Å²) >= 11 is 0. The van der Waals surface area contributed by atoms with Crippen molar-refractivity contribution in [3.63, 3.8) is 0 Å². The minimum atomic E-state index is -0.645. The molecule has 0 aromatic carbocycles. The van der Waals surface area contributed by atoms with Gasteiger partial charge >= 0.3 is 11.9 Å². The highest BCUT2D eigenvalue weighted by atomic mass is 16.8. The van der Waals surface area contributed by atoms with Gasteiger partial charge in [0.1, 0.15) is 0 Å². The van der Waals surface area contributed by atoms with Crippen molar-refractivity contribution in [1.29, 1.82) is 0 Å². The summed E-state index contributed by atoms with van der Waals surface area (Å²) in [7, 11) is 0. The van der Waals surface area contributed by atoms with Crippen molar-refractivity contribution in [2.75, 3.05) is 0 Å². The molecular weight excluding hydrogens is 344 g/mol. The van der Waals surface area contributed by atoms with E-state index in [9.17, 15) is 9.59 Å². The van der Waals surface area contributed by atoms with Gasteiger partial charge in [-0.05, 0) is 54.8 Å². The van der Waals surface area contributed by atoms with Gasteiger partial charge in [0.25, 0.3) is 0 Å². The van der Waals surface area contributed by atoms with Crippen molar-refractivity contribution in [3.05, 3.63) is 12.2 Å². The number of fused-ring (bicyclic) bond motifs is 2. The first kappa shape index (κ1) is 19.0. The van der Waals surface area contributed by atoms with Gasteiger partial charge in [-0.15, -0.1) is 0 Å². The summed E-state index contributed by atoms with van der Waals surface area (Å²) in [6.07, 6.45) is 4.73. The van der Waals surface area contributed by atoms with Crippen LogP contribution in [0.4, 0.5) is 0 Å². The Morgan fingerprint density at radius 3 is 2.70 bits per heavy atom. The second kappa shape index (κ2) is 6.33. The first-order valence-electron chi connectivity index (χ1n) is 10.3. The Balaban J connectivity index is 1.73. The highest BCUT2D eigenvalue weighted by Crippen LogP contribution is 2.65. The van der Waals surface area contributed by atoms with Crippen molar-refractivity contribution in [3.8, 4) is 0 Å². The van der Waals surface area contributed by atoms with Crippen LogP contribution in [0.2, 0.25) is 0 Å². The van der Waals surface area contributed by atoms with Gasteiger partial charge in [0, 0.05) is 18.8 Å². The first-order valence-corrected chi connectivity index (χ1v) is 10.3. The molecule has 0 spiro atoms. The molecule has 0 bridgehead atoms. The fourth-order valence-corrected chi connectivity index (χ4v) is 6.79. The third-order valence-corrected chi connectivity index (χ3v) is 7.94. The number of rotatable bonds is 2. The predicted octanol–water partition coefficient (Wildman–Crippen LogP) is 4.21. The lowest BCUT2D eigenvalue weighted by Crippen LogP contribution is -2.44. The number of carbonyl (C=O) groups excluding carboxylic acids is 2. The predicted molar refractivity (Wildman–Crippen MR) is 99.2 cm³/mol. The smallest absolute Gasteiger partial charge is 0.308 e. The topological polar surface area (TPSA) is 61.8 Å². The Morgan fingerprint density at radius 1 is 1.26 bits per heavy atom. The Kier molecular flexibility index (Phi) is 4.45. The Bertz CT molecular complexity index is 668. The number of allylic oxidation sites excluding steroid dienone is 1. The zero-order valence-electron chi connectivity index (χ0n) is 17.0. The van der Waals surface area contributed by atoms with Gasteiger partial charge in [0.2, 0.25) is 12.6 Å². The molecule has 4 rings (SSSR count). The van der Waals surface area contributed by atoms with Crippen molar-refractivity contribution in [2.24, 2.45) is 34.5 Å². The third-order valence-electron chi connectivity index (χ3n) is 7.94. The lowest BCUT2D eigenvalue weighted by Gasteiger charge is -2.44. The van der Waals surface area contributed by atoms with E-state index in [4.69, 9.17) is 14.2 Å². The van der Waals surface area contributed by atoms with Crippen LogP contribution in [0, 0.1) is 34.5 Å². The van der Waals surface area contributed by atoms with E-state index in [0.29, 0.717) is 18.3 Å². The van der Waals surface area contributed by atoms with Crippen LogP contribution in [0.25, 0.3) is 0 Å². The van der Waals surface area contributed by atoms with E-state index < -0.39 is 12.6 Å². The zero-order valence-corrected chi connectivity index (χ0v) is 17.0. The maximum Gasteiger partial charge on any atom is 0.308 e. The Labute approximate surface area is 161 Å². The van der Waals surface area contributed by atoms with Crippen LogP contribution in [0.1, 0.15) is 66.2 Å². The van der Waals surface area contributed by atoms with E-state index >= 15 is 0 Å². The van der Waals surface area contributed by atoms with Crippen LogP contribution in [0.5, 0.6) is 0 Å². The largest absolute Gasteiger partial charge is 0.435 e. The Hall–Kier alpha value is -1.36. The van der Waals surface area contributed by atoms with Crippen LogP contribution in [0.3, 0.4) is 0 Å². The molecule has 2 aliphatic carbocycles. The lowest BCUT2D eigenvalue weighted by atomic mass is 9.59. The van der Waals surface area contributed by atoms with Gasteiger partial charge in [-0.25, -0.2) is 0 Å². The fourth-order valence-electron chi connectivity index (χ4n) is 6.79. The molecule has 2 heterocycles. The minimum Gasteiger partial charge on any atom is -0.435 e. The van der Waals surface area contributed by atoms with Gasteiger partial charge in [-0.1, -0.05) is 32.9 Å². The molecule has 4 aliphatic rings. The SMILES string of the molecule is C=C1CCCC(C)(C)[C@@H]2CC[C@@](C)([C@H]3[C@@H](OC(C)=O)O[C@@H]4OC(=O)C[C@@H]43)[C@H]12. The van der Waals surface area contributed by atoms with Crippen LogP contribution in [-0.4, -0.2) is 24.5 Å². The van der Waals surface area contributed by atoms with E-state index in [1.54, 1.807) is 0 Å². The number of hydrogen-bond donors (Lipinski definition) is 0. The second-order valence-corrected chi connectivity index (χ2v) is 9.99. The van der Waals surface area contributed by atoms with Crippen LogP contribution in [0.15, 0.2) is 12.2 Å². The molecule has 4 fully saturated rings. The number of carbonyl (C=O) groups is 2. The summed E-state index contributed by atoms with van der Waals surface area (Å²) in [6.45, 7) is 13.0. The number of hydrogen-bond acceptors (Lipinski definition) is 5. The normalized spacial score (nSPS) is 45.8. The molecule has 2 saturated carbocycles. The van der Waals surface area contributed by atoms with Crippen molar-refractivity contribution in [2.45, 2.75) is 78.8 Å². The van der Waals surface area contributed by atoms with E-state index in [-0.39, 0.29) is 34.6 Å². The Morgan fingerprint density at radius 2 is 2.00 bits per heavy atom. The van der Waals surface area contributed by atoms with Crippen LogP contribution >= 0.6 is 0 Å². The van der Waals surface area contributed by atoms with E-state index in [1.807, 2.05) is 0 Å². The molecule has 27 heavy (non-hydrogen) atoms. The van der Waals surface area contributed by atoms with E-state index in [0.717, 1.165) is 19.3 Å².